The quantitative estimate of drug-likeness (QED) is 0.401. The van der Waals surface area contributed by atoms with Gasteiger partial charge in [0.05, 0.1) is 26.4 Å². The van der Waals surface area contributed by atoms with Gasteiger partial charge in [-0.15, -0.1) is 0 Å². The molecule has 0 N–H and O–H groups in total. The molecule has 0 fully saturated rings. The topological polar surface area (TPSA) is 36.9 Å². The molecule has 0 bridgehead atoms. The molecule has 0 amide bonds. The lowest BCUT2D eigenvalue weighted by atomic mass is 10.6. The Balaban J connectivity index is 4.25. The van der Waals surface area contributed by atoms with Gasteiger partial charge in [-0.3, -0.25) is 0 Å². The maximum absolute atomic E-state index is 6.03. The zero-order valence-electron chi connectivity index (χ0n) is 11.8. The minimum atomic E-state index is -2.03. The Kier molecular flexibility index (Phi) is 11.2. The third-order valence-corrected chi connectivity index (χ3v) is 6.55. The molecule has 0 saturated carbocycles. The molecule has 0 spiro atoms. The molecular weight excluding hydrogens is 236 g/mol. The van der Waals surface area contributed by atoms with Crippen LogP contribution >= 0.6 is 0 Å². The lowest BCUT2D eigenvalue weighted by Gasteiger charge is -2.30. The van der Waals surface area contributed by atoms with Crippen LogP contribution in [0.25, 0.3) is 0 Å². The van der Waals surface area contributed by atoms with Crippen LogP contribution in [0.3, 0.4) is 0 Å². The molecule has 17 heavy (non-hydrogen) atoms. The van der Waals surface area contributed by atoms with E-state index in [0.29, 0.717) is 26.4 Å². The monoisotopic (exact) mass is 264 g/mol. The molecule has 0 atom stereocenters. The van der Waals surface area contributed by atoms with Crippen LogP contribution in [0.5, 0.6) is 0 Å². The lowest BCUT2D eigenvalue weighted by Crippen LogP contribution is -2.43. The summed E-state index contributed by atoms with van der Waals surface area (Å²) in [5.41, 5.74) is 0. The maximum Gasteiger partial charge on any atom is 0.338 e. The highest BCUT2D eigenvalue weighted by Gasteiger charge is 2.35. The van der Waals surface area contributed by atoms with Crippen LogP contribution in [-0.2, 0) is 18.3 Å². The van der Waals surface area contributed by atoms with Crippen LogP contribution in [0.1, 0.15) is 26.7 Å². The molecule has 0 aliphatic carbocycles. The van der Waals surface area contributed by atoms with Crippen LogP contribution in [0.15, 0.2) is 0 Å². The number of hydrogen-bond acceptors (Lipinski definition) is 4. The van der Waals surface area contributed by atoms with Crippen molar-refractivity contribution in [2.45, 2.75) is 38.8 Å². The minimum Gasteiger partial charge on any atom is -0.392 e. The highest BCUT2D eigenvalue weighted by Crippen LogP contribution is 2.22. The third-order valence-electron chi connectivity index (χ3n) is 2.57. The van der Waals surface area contributed by atoms with Gasteiger partial charge < -0.3 is 18.3 Å². The van der Waals surface area contributed by atoms with Crippen molar-refractivity contribution in [3.8, 4) is 0 Å². The Hall–Kier alpha value is 0.0569. The molecule has 0 aromatic heterocycles. The number of rotatable bonds is 12. The van der Waals surface area contributed by atoms with Crippen molar-refractivity contribution in [2.24, 2.45) is 0 Å². The van der Waals surface area contributed by atoms with Crippen molar-refractivity contribution in [3.05, 3.63) is 0 Å². The van der Waals surface area contributed by atoms with E-state index in [1.54, 1.807) is 14.2 Å². The van der Waals surface area contributed by atoms with Crippen molar-refractivity contribution >= 4 is 8.56 Å². The first-order valence-electron chi connectivity index (χ1n) is 6.50. The smallest absolute Gasteiger partial charge is 0.338 e. The molecule has 4 nitrogen and oxygen atoms in total. The molecule has 0 heterocycles. The van der Waals surface area contributed by atoms with E-state index in [2.05, 4.69) is 13.8 Å². The zero-order chi connectivity index (χ0) is 13.0. The maximum atomic E-state index is 6.03. The van der Waals surface area contributed by atoms with Crippen LogP contribution in [-0.4, -0.2) is 49.2 Å². The van der Waals surface area contributed by atoms with Crippen LogP contribution in [0, 0.1) is 0 Å². The molecule has 104 valence electrons. The summed E-state index contributed by atoms with van der Waals surface area (Å²) in [5, 5.41) is 0. The van der Waals surface area contributed by atoms with Crippen LogP contribution < -0.4 is 0 Å². The van der Waals surface area contributed by atoms with Gasteiger partial charge in [0, 0.05) is 14.2 Å². The molecule has 0 radical (unpaired) electrons. The first-order valence-corrected chi connectivity index (χ1v) is 8.73. The molecule has 0 aromatic rings. The minimum absolute atomic E-state index is 0.635. The van der Waals surface area contributed by atoms with Crippen LogP contribution in [0.4, 0.5) is 0 Å². The van der Waals surface area contributed by atoms with Gasteiger partial charge in [0.25, 0.3) is 0 Å². The zero-order valence-corrected chi connectivity index (χ0v) is 12.8. The average molecular weight is 264 g/mol. The van der Waals surface area contributed by atoms with Gasteiger partial charge in [0.15, 0.2) is 0 Å². The SMILES string of the molecule is CCC[Si](CCC)(OCCOC)OCCOC. The molecule has 0 aliphatic heterocycles. The van der Waals surface area contributed by atoms with E-state index in [0.717, 1.165) is 24.9 Å². The third kappa shape index (κ3) is 7.89. The Labute approximate surface area is 107 Å². The molecule has 0 aromatic carbocycles. The number of hydrogen-bond donors (Lipinski definition) is 0. The fraction of sp³-hybridized carbons (Fsp3) is 1.00. The summed E-state index contributed by atoms with van der Waals surface area (Å²) in [7, 11) is 1.35. The summed E-state index contributed by atoms with van der Waals surface area (Å²) in [4.78, 5) is 0. The second kappa shape index (κ2) is 11.2. The number of methoxy groups -OCH3 is 2. The van der Waals surface area contributed by atoms with Gasteiger partial charge in [0.2, 0.25) is 0 Å². The van der Waals surface area contributed by atoms with E-state index >= 15 is 0 Å². The molecule has 0 rings (SSSR count). The second-order valence-corrected chi connectivity index (χ2v) is 7.49. The Morgan fingerprint density at radius 2 is 1.12 bits per heavy atom. The highest BCUT2D eigenvalue weighted by molar-refractivity contribution is 6.67. The van der Waals surface area contributed by atoms with Crippen LogP contribution in [0.2, 0.25) is 12.1 Å². The standard InChI is InChI=1S/C12H28O4Si/c1-5-11-17(12-6-2,15-9-7-13-3)16-10-8-14-4/h5-12H2,1-4H3. The fourth-order valence-electron chi connectivity index (χ4n) is 1.84. The van der Waals surface area contributed by atoms with Gasteiger partial charge in [-0.25, -0.2) is 0 Å². The molecule has 5 heteroatoms. The van der Waals surface area contributed by atoms with E-state index < -0.39 is 8.56 Å². The summed E-state index contributed by atoms with van der Waals surface area (Å²) in [6.45, 7) is 6.89. The van der Waals surface area contributed by atoms with Crippen molar-refractivity contribution in [2.75, 3.05) is 40.6 Å². The first kappa shape index (κ1) is 17.1. The van der Waals surface area contributed by atoms with E-state index in [1.165, 1.54) is 0 Å². The largest absolute Gasteiger partial charge is 0.392 e. The van der Waals surface area contributed by atoms with E-state index in [9.17, 15) is 0 Å². The van der Waals surface area contributed by atoms with Crippen molar-refractivity contribution in [3.63, 3.8) is 0 Å². The molecule has 0 unspecified atom stereocenters. The Morgan fingerprint density at radius 3 is 1.41 bits per heavy atom. The Morgan fingerprint density at radius 1 is 0.706 bits per heavy atom. The average Bonchev–Trinajstić information content (AvgIpc) is 2.30. The fourth-order valence-corrected chi connectivity index (χ4v) is 5.18. The van der Waals surface area contributed by atoms with Crippen molar-refractivity contribution in [1.82, 2.24) is 0 Å². The van der Waals surface area contributed by atoms with E-state index in [4.69, 9.17) is 18.3 Å². The van der Waals surface area contributed by atoms with Gasteiger partial charge >= 0.3 is 8.56 Å². The van der Waals surface area contributed by atoms with Gasteiger partial charge in [0.1, 0.15) is 0 Å². The van der Waals surface area contributed by atoms with Gasteiger partial charge in [-0.1, -0.05) is 26.7 Å². The summed E-state index contributed by atoms with van der Waals surface area (Å²) in [5.74, 6) is 0. The summed E-state index contributed by atoms with van der Waals surface area (Å²) in [6, 6.07) is 2.10. The van der Waals surface area contributed by atoms with E-state index in [1.807, 2.05) is 0 Å². The first-order chi connectivity index (χ1) is 8.24. The lowest BCUT2D eigenvalue weighted by molar-refractivity contribution is 0.0854. The number of ether oxygens (including phenoxy) is 2. The molecular formula is C12H28O4Si. The molecule has 0 saturated heterocycles. The molecule has 0 aliphatic rings. The Bertz CT molecular complexity index is 149. The summed E-state index contributed by atoms with van der Waals surface area (Å²) >= 11 is 0. The van der Waals surface area contributed by atoms with Gasteiger partial charge in [-0.2, -0.15) is 0 Å². The van der Waals surface area contributed by atoms with E-state index in [-0.39, 0.29) is 0 Å². The predicted molar refractivity (Wildman–Crippen MR) is 71.6 cm³/mol. The van der Waals surface area contributed by atoms with Crippen molar-refractivity contribution in [1.29, 1.82) is 0 Å². The summed E-state index contributed by atoms with van der Waals surface area (Å²) in [6.07, 6.45) is 2.21. The highest BCUT2D eigenvalue weighted by atomic mass is 28.4. The normalized spacial score (nSPS) is 12.0. The summed E-state index contributed by atoms with van der Waals surface area (Å²) < 4.78 is 22.1. The van der Waals surface area contributed by atoms with Crippen molar-refractivity contribution < 1.29 is 18.3 Å². The predicted octanol–water partition coefficient (Wildman–Crippen LogP) is 2.57. The van der Waals surface area contributed by atoms with Gasteiger partial charge in [-0.05, 0) is 12.1 Å². The second-order valence-electron chi connectivity index (χ2n) is 4.09.